The Hall–Kier alpha value is -2.45. The zero-order valence-corrected chi connectivity index (χ0v) is 10.1. The van der Waals surface area contributed by atoms with Crippen LogP contribution in [0.5, 0.6) is 0 Å². The SMILES string of the molecule is Cc1[nH]nc(C(=O)N2CCC(C(=O)O)C2)c1[N+](=O)[O-]. The first-order valence-corrected chi connectivity index (χ1v) is 5.63. The summed E-state index contributed by atoms with van der Waals surface area (Å²) >= 11 is 0. The van der Waals surface area contributed by atoms with Gasteiger partial charge in [0.2, 0.25) is 5.69 Å². The van der Waals surface area contributed by atoms with Crippen LogP contribution in [0.15, 0.2) is 0 Å². The molecule has 2 rings (SSSR count). The van der Waals surface area contributed by atoms with Gasteiger partial charge in [-0.2, -0.15) is 5.10 Å². The van der Waals surface area contributed by atoms with Crippen LogP contribution < -0.4 is 0 Å². The highest BCUT2D eigenvalue weighted by molar-refractivity contribution is 5.97. The first kappa shape index (κ1) is 13.0. The lowest BCUT2D eigenvalue weighted by Gasteiger charge is -2.13. The monoisotopic (exact) mass is 268 g/mol. The van der Waals surface area contributed by atoms with Crippen molar-refractivity contribution in [3.05, 3.63) is 21.5 Å². The lowest BCUT2D eigenvalue weighted by Crippen LogP contribution is -2.30. The van der Waals surface area contributed by atoms with E-state index in [1.165, 1.54) is 11.8 Å². The van der Waals surface area contributed by atoms with Crippen molar-refractivity contribution in [2.24, 2.45) is 5.92 Å². The highest BCUT2D eigenvalue weighted by Crippen LogP contribution is 2.24. The summed E-state index contributed by atoms with van der Waals surface area (Å²) in [5.41, 5.74) is -0.431. The summed E-state index contributed by atoms with van der Waals surface area (Å²) in [4.78, 5) is 34.4. The first-order valence-electron chi connectivity index (χ1n) is 5.63. The van der Waals surface area contributed by atoms with Gasteiger partial charge in [-0.05, 0) is 13.3 Å². The van der Waals surface area contributed by atoms with Gasteiger partial charge in [0, 0.05) is 13.1 Å². The predicted octanol–water partition coefficient (Wildman–Crippen LogP) is 0.173. The molecule has 102 valence electrons. The second-order valence-corrected chi connectivity index (χ2v) is 4.38. The van der Waals surface area contributed by atoms with Crippen LogP contribution in [0.2, 0.25) is 0 Å². The summed E-state index contributed by atoms with van der Waals surface area (Å²) in [7, 11) is 0. The Morgan fingerprint density at radius 2 is 2.26 bits per heavy atom. The Morgan fingerprint density at radius 3 is 2.79 bits per heavy atom. The Bertz CT molecular complexity index is 552. The third kappa shape index (κ3) is 2.26. The molecule has 9 nitrogen and oxygen atoms in total. The maximum atomic E-state index is 12.1. The summed E-state index contributed by atoms with van der Waals surface area (Å²) in [6, 6.07) is 0. The standard InChI is InChI=1S/C10H12N4O5/c1-5-8(14(18)19)7(12-11-5)9(15)13-3-2-6(4-13)10(16)17/h6H,2-4H2,1H3,(H,11,12)(H,16,17). The minimum atomic E-state index is -0.969. The third-order valence-corrected chi connectivity index (χ3v) is 3.12. The fraction of sp³-hybridized carbons (Fsp3) is 0.500. The highest BCUT2D eigenvalue weighted by atomic mass is 16.6. The molecule has 1 unspecified atom stereocenters. The largest absolute Gasteiger partial charge is 0.481 e. The number of hydrogen-bond donors (Lipinski definition) is 2. The van der Waals surface area contributed by atoms with Gasteiger partial charge in [-0.3, -0.25) is 24.8 Å². The first-order chi connectivity index (χ1) is 8.91. The average molecular weight is 268 g/mol. The molecule has 1 atom stereocenters. The Kier molecular flexibility index (Phi) is 3.19. The number of likely N-dealkylation sites (tertiary alicyclic amines) is 1. The molecule has 2 N–H and O–H groups in total. The number of H-pyrrole nitrogens is 1. The van der Waals surface area contributed by atoms with Crippen LogP contribution in [0, 0.1) is 23.0 Å². The maximum absolute atomic E-state index is 12.1. The number of aromatic nitrogens is 2. The van der Waals surface area contributed by atoms with E-state index in [-0.39, 0.29) is 30.2 Å². The van der Waals surface area contributed by atoms with Crippen LogP contribution >= 0.6 is 0 Å². The number of hydrogen-bond acceptors (Lipinski definition) is 5. The minimum Gasteiger partial charge on any atom is -0.481 e. The number of nitrogens with zero attached hydrogens (tertiary/aromatic N) is 3. The number of carbonyl (C=O) groups excluding carboxylic acids is 1. The highest BCUT2D eigenvalue weighted by Gasteiger charge is 2.36. The quantitative estimate of drug-likeness (QED) is 0.593. The van der Waals surface area contributed by atoms with Gasteiger partial charge in [-0.15, -0.1) is 0 Å². The van der Waals surface area contributed by atoms with E-state index in [0.717, 1.165) is 0 Å². The van der Waals surface area contributed by atoms with Gasteiger partial charge in [0.05, 0.1) is 10.8 Å². The number of nitrogens with one attached hydrogen (secondary N) is 1. The molecule has 1 aromatic heterocycles. The van der Waals surface area contributed by atoms with Crippen LogP contribution in [0.4, 0.5) is 5.69 Å². The lowest BCUT2D eigenvalue weighted by molar-refractivity contribution is -0.385. The molecule has 1 aliphatic rings. The van der Waals surface area contributed by atoms with Crippen molar-refractivity contribution in [3.8, 4) is 0 Å². The number of carboxylic acid groups (broad SMARTS) is 1. The third-order valence-electron chi connectivity index (χ3n) is 3.12. The van der Waals surface area contributed by atoms with Crippen molar-refractivity contribution >= 4 is 17.6 Å². The Morgan fingerprint density at radius 1 is 1.58 bits per heavy atom. The fourth-order valence-electron chi connectivity index (χ4n) is 2.09. The molecule has 0 radical (unpaired) electrons. The molecule has 1 saturated heterocycles. The van der Waals surface area contributed by atoms with Gasteiger partial charge in [0.25, 0.3) is 5.91 Å². The van der Waals surface area contributed by atoms with Crippen LogP contribution in [0.1, 0.15) is 22.6 Å². The molecule has 0 aliphatic carbocycles. The van der Waals surface area contributed by atoms with Gasteiger partial charge in [0.1, 0.15) is 5.69 Å². The summed E-state index contributed by atoms with van der Waals surface area (Å²) in [5.74, 6) is -2.20. The van der Waals surface area contributed by atoms with E-state index in [1.54, 1.807) is 0 Å². The molecule has 9 heteroatoms. The Labute approximate surface area is 107 Å². The van der Waals surface area contributed by atoms with E-state index in [9.17, 15) is 19.7 Å². The van der Waals surface area contributed by atoms with Crippen molar-refractivity contribution in [1.29, 1.82) is 0 Å². The zero-order chi connectivity index (χ0) is 14.2. The minimum absolute atomic E-state index is 0.0528. The molecule has 0 spiro atoms. The fourth-order valence-corrected chi connectivity index (χ4v) is 2.09. The van der Waals surface area contributed by atoms with Crippen molar-refractivity contribution in [2.75, 3.05) is 13.1 Å². The molecule has 1 amide bonds. The van der Waals surface area contributed by atoms with Crippen LogP contribution in [0.25, 0.3) is 0 Å². The average Bonchev–Trinajstić information content (AvgIpc) is 2.93. The molecule has 2 heterocycles. The molecule has 1 aromatic rings. The number of aliphatic carboxylic acids is 1. The van der Waals surface area contributed by atoms with Gasteiger partial charge >= 0.3 is 11.7 Å². The number of aromatic amines is 1. The molecular weight excluding hydrogens is 256 g/mol. The molecule has 1 fully saturated rings. The van der Waals surface area contributed by atoms with Gasteiger partial charge in [-0.25, -0.2) is 0 Å². The molecule has 1 aliphatic heterocycles. The van der Waals surface area contributed by atoms with Gasteiger partial charge in [-0.1, -0.05) is 0 Å². The van der Waals surface area contributed by atoms with E-state index in [1.807, 2.05) is 0 Å². The van der Waals surface area contributed by atoms with Crippen molar-refractivity contribution in [1.82, 2.24) is 15.1 Å². The van der Waals surface area contributed by atoms with Crippen LogP contribution in [-0.2, 0) is 4.79 Å². The second-order valence-electron chi connectivity index (χ2n) is 4.38. The van der Waals surface area contributed by atoms with Crippen molar-refractivity contribution in [2.45, 2.75) is 13.3 Å². The number of nitro groups is 1. The van der Waals surface area contributed by atoms with E-state index in [0.29, 0.717) is 6.42 Å². The number of carboxylic acids is 1. The zero-order valence-electron chi connectivity index (χ0n) is 10.1. The summed E-state index contributed by atoms with van der Waals surface area (Å²) in [6.45, 7) is 1.77. The van der Waals surface area contributed by atoms with Gasteiger partial charge < -0.3 is 10.0 Å². The summed E-state index contributed by atoms with van der Waals surface area (Å²) < 4.78 is 0. The normalized spacial score (nSPS) is 18.6. The number of rotatable bonds is 3. The van der Waals surface area contributed by atoms with Crippen LogP contribution in [-0.4, -0.2) is 50.1 Å². The molecule has 0 saturated carbocycles. The molecule has 0 aromatic carbocycles. The molecule has 0 bridgehead atoms. The number of aryl methyl sites for hydroxylation is 1. The predicted molar refractivity (Wildman–Crippen MR) is 61.6 cm³/mol. The topological polar surface area (TPSA) is 129 Å². The summed E-state index contributed by atoms with van der Waals surface area (Å²) in [5, 5.41) is 25.8. The Balaban J connectivity index is 2.22. The van der Waals surface area contributed by atoms with E-state index >= 15 is 0 Å². The molecular formula is C10H12N4O5. The van der Waals surface area contributed by atoms with Crippen molar-refractivity contribution in [3.63, 3.8) is 0 Å². The van der Waals surface area contributed by atoms with E-state index in [4.69, 9.17) is 5.11 Å². The van der Waals surface area contributed by atoms with Crippen molar-refractivity contribution < 1.29 is 19.6 Å². The second kappa shape index (κ2) is 4.67. The maximum Gasteiger partial charge on any atom is 0.322 e. The van der Waals surface area contributed by atoms with E-state index < -0.39 is 22.7 Å². The van der Waals surface area contributed by atoms with Gasteiger partial charge in [0.15, 0.2) is 0 Å². The molecule has 19 heavy (non-hydrogen) atoms. The smallest absolute Gasteiger partial charge is 0.322 e. The van der Waals surface area contributed by atoms with Crippen LogP contribution in [0.3, 0.4) is 0 Å². The summed E-state index contributed by atoms with van der Waals surface area (Å²) in [6.07, 6.45) is 0.346. The van der Waals surface area contributed by atoms with E-state index in [2.05, 4.69) is 10.2 Å². The number of amides is 1. The lowest BCUT2D eigenvalue weighted by atomic mass is 10.1. The number of carbonyl (C=O) groups is 2.